The number of allylic oxidation sites excluding steroid dienone is 3. The van der Waals surface area contributed by atoms with Gasteiger partial charge in [-0.1, -0.05) is 44.0 Å². The molecule has 2 aliphatic rings. The van der Waals surface area contributed by atoms with E-state index in [1.54, 1.807) is 4.99 Å². The van der Waals surface area contributed by atoms with E-state index in [4.69, 9.17) is 21.1 Å². The van der Waals surface area contributed by atoms with Gasteiger partial charge in [-0.15, -0.1) is 17.3 Å². The summed E-state index contributed by atoms with van der Waals surface area (Å²) < 4.78 is 12.1. The van der Waals surface area contributed by atoms with Crippen molar-refractivity contribution in [2.45, 2.75) is 48.3 Å². The van der Waals surface area contributed by atoms with Crippen molar-refractivity contribution in [2.75, 3.05) is 0 Å². The third kappa shape index (κ3) is 4.51. The Balaban J connectivity index is 2.24. The molecule has 110 valence electrons. The Kier molecular flexibility index (Phi) is 6.44. The first kappa shape index (κ1) is 16.4. The van der Waals surface area contributed by atoms with Crippen LogP contribution in [0.15, 0.2) is 40.8 Å². The van der Waals surface area contributed by atoms with Gasteiger partial charge in [0.2, 0.25) is 0 Å². The number of alkyl halides is 2. The van der Waals surface area contributed by atoms with Crippen molar-refractivity contribution in [1.82, 2.24) is 0 Å². The predicted molar refractivity (Wildman–Crippen MR) is 89.6 cm³/mol. The fourth-order valence-corrected chi connectivity index (χ4v) is 3.40. The molecule has 0 radical (unpaired) electrons. The van der Waals surface area contributed by atoms with Gasteiger partial charge in [0, 0.05) is 11.4 Å². The van der Waals surface area contributed by atoms with Gasteiger partial charge in [-0.3, -0.25) is 0 Å². The highest BCUT2D eigenvalue weighted by Crippen LogP contribution is 2.31. The minimum Gasteiger partial charge on any atom is -0.491 e. The van der Waals surface area contributed by atoms with E-state index in [9.17, 15) is 0 Å². The van der Waals surface area contributed by atoms with Crippen LogP contribution in [0.2, 0.25) is 0 Å². The Hall–Kier alpha value is 0.01000. The summed E-state index contributed by atoms with van der Waals surface area (Å²) in [5, 5.41) is -0.0883. The van der Waals surface area contributed by atoms with Gasteiger partial charge in [0.1, 0.15) is 12.2 Å². The average molecular weight is 425 g/mol. The summed E-state index contributed by atoms with van der Waals surface area (Å²) in [4.78, 5) is 1.94. The lowest BCUT2D eigenvalue weighted by Crippen LogP contribution is -2.40. The number of ether oxygens (including phenoxy) is 2. The molecule has 0 saturated carbocycles. The van der Waals surface area contributed by atoms with Crippen LogP contribution in [0.25, 0.3) is 0 Å². The van der Waals surface area contributed by atoms with E-state index in [2.05, 4.69) is 43.7 Å². The van der Waals surface area contributed by atoms with Crippen molar-refractivity contribution in [3.63, 3.8) is 0 Å². The first-order chi connectivity index (χ1) is 9.60. The van der Waals surface area contributed by atoms with Gasteiger partial charge in [0.05, 0.1) is 22.1 Å². The van der Waals surface area contributed by atoms with E-state index in [1.165, 1.54) is 0 Å². The summed E-state index contributed by atoms with van der Waals surface area (Å²) in [6.07, 6.45) is 9.35. The number of hydrogen-bond acceptors (Lipinski definition) is 2. The molecule has 2 aliphatic heterocycles. The number of halogens is 3. The van der Waals surface area contributed by atoms with Gasteiger partial charge < -0.3 is 9.47 Å². The van der Waals surface area contributed by atoms with Gasteiger partial charge in [-0.25, -0.2) is 0 Å². The van der Waals surface area contributed by atoms with Gasteiger partial charge in [-0.05, 0) is 25.5 Å². The first-order valence-corrected chi connectivity index (χ1v) is 8.86. The molecule has 0 aromatic rings. The first-order valence-electron chi connectivity index (χ1n) is 6.59. The second-order valence-corrected chi connectivity index (χ2v) is 7.05. The molecule has 0 spiro atoms. The standard InChI is InChI=1S/C15H17Br2ClO2/c1-10-15-14(17)7-6-13(20-15)9-11(18)4-5-12(19-10)3-2-8-16/h3-6,8,10-12,14-15H,7,9H2,1H3/b5-4+/t2?,10-,11-,12+,14-,15+/m0/s1. The molecule has 2 heterocycles. The maximum atomic E-state index is 6.31. The summed E-state index contributed by atoms with van der Waals surface area (Å²) in [5.41, 5.74) is 2.99. The quantitative estimate of drug-likeness (QED) is 0.341. The molecule has 0 N–H and O–H groups in total. The molecule has 5 atom stereocenters. The lowest BCUT2D eigenvalue weighted by molar-refractivity contribution is -0.0569. The monoisotopic (exact) mass is 422 g/mol. The van der Waals surface area contributed by atoms with Crippen molar-refractivity contribution < 1.29 is 9.47 Å². The molecule has 0 aliphatic carbocycles. The molecule has 0 aromatic heterocycles. The molecule has 0 unspecified atom stereocenters. The average Bonchev–Trinajstić information content (AvgIpc) is 2.43. The van der Waals surface area contributed by atoms with Gasteiger partial charge in [0.15, 0.2) is 0 Å². The van der Waals surface area contributed by atoms with E-state index in [1.807, 2.05) is 25.2 Å². The highest BCUT2D eigenvalue weighted by Gasteiger charge is 2.32. The van der Waals surface area contributed by atoms with Crippen molar-refractivity contribution >= 4 is 43.5 Å². The molecule has 0 amide bonds. The van der Waals surface area contributed by atoms with E-state index in [0.29, 0.717) is 6.42 Å². The number of hydrogen-bond donors (Lipinski definition) is 0. The van der Waals surface area contributed by atoms with Crippen molar-refractivity contribution in [3.05, 3.63) is 40.8 Å². The zero-order valence-electron chi connectivity index (χ0n) is 11.1. The SMILES string of the molecule is C[C@@H]1O[C@H](C=C=CBr)/C=C/[C@H](Cl)CC2=CC[C@H](Br)[C@@H]1O2. The summed E-state index contributed by atoms with van der Waals surface area (Å²) in [5.74, 6) is 0.958. The Morgan fingerprint density at radius 1 is 1.45 bits per heavy atom. The van der Waals surface area contributed by atoms with Crippen LogP contribution in [-0.2, 0) is 9.47 Å². The maximum absolute atomic E-state index is 6.31. The third-order valence-corrected chi connectivity index (χ3v) is 4.74. The highest BCUT2D eigenvalue weighted by atomic mass is 79.9. The molecule has 2 bridgehead atoms. The number of fused-ring (bicyclic) bond motifs is 2. The van der Waals surface area contributed by atoms with Crippen LogP contribution >= 0.6 is 43.5 Å². The Labute approximate surface area is 141 Å². The van der Waals surface area contributed by atoms with Crippen molar-refractivity contribution in [1.29, 1.82) is 0 Å². The van der Waals surface area contributed by atoms with Crippen LogP contribution in [0.4, 0.5) is 0 Å². The molecule has 5 heteroatoms. The summed E-state index contributed by atoms with van der Waals surface area (Å²) in [6, 6.07) is 0. The van der Waals surface area contributed by atoms with Crippen LogP contribution in [0.3, 0.4) is 0 Å². The molecular formula is C15H17Br2ClO2. The molecule has 0 aromatic carbocycles. The molecule has 2 rings (SSSR count). The fraction of sp³-hybridized carbons (Fsp3) is 0.533. The van der Waals surface area contributed by atoms with Crippen LogP contribution < -0.4 is 0 Å². The maximum Gasteiger partial charge on any atom is 0.137 e. The molecule has 0 saturated heterocycles. The minimum absolute atomic E-state index is 0.00536. The van der Waals surface area contributed by atoms with Crippen molar-refractivity contribution in [3.8, 4) is 0 Å². The van der Waals surface area contributed by atoms with E-state index in [0.717, 1.165) is 12.2 Å². The summed E-state index contributed by atoms with van der Waals surface area (Å²) >= 11 is 13.2. The van der Waals surface area contributed by atoms with E-state index >= 15 is 0 Å². The second-order valence-electron chi connectivity index (χ2n) is 4.86. The van der Waals surface area contributed by atoms with Gasteiger partial charge >= 0.3 is 0 Å². The predicted octanol–water partition coefficient (Wildman–Crippen LogP) is 4.83. The Bertz CT molecular complexity index is 455. The Morgan fingerprint density at radius 2 is 2.25 bits per heavy atom. The molecule has 20 heavy (non-hydrogen) atoms. The summed E-state index contributed by atoms with van der Waals surface area (Å²) in [7, 11) is 0. The van der Waals surface area contributed by atoms with Crippen LogP contribution in [0.5, 0.6) is 0 Å². The molecular weight excluding hydrogens is 407 g/mol. The van der Waals surface area contributed by atoms with Crippen LogP contribution in [0, 0.1) is 0 Å². The third-order valence-electron chi connectivity index (χ3n) is 3.28. The zero-order chi connectivity index (χ0) is 14.5. The van der Waals surface area contributed by atoms with Crippen LogP contribution in [0.1, 0.15) is 19.8 Å². The van der Waals surface area contributed by atoms with Gasteiger partial charge in [0.25, 0.3) is 0 Å². The van der Waals surface area contributed by atoms with E-state index in [-0.39, 0.29) is 28.5 Å². The number of rotatable bonds is 1. The summed E-state index contributed by atoms with van der Waals surface area (Å²) in [6.45, 7) is 2.04. The largest absolute Gasteiger partial charge is 0.491 e. The van der Waals surface area contributed by atoms with Crippen LogP contribution in [-0.4, -0.2) is 28.5 Å². The fourth-order valence-electron chi connectivity index (χ4n) is 2.28. The highest BCUT2D eigenvalue weighted by molar-refractivity contribution is 9.11. The molecule has 0 fully saturated rings. The minimum atomic E-state index is -0.157. The van der Waals surface area contributed by atoms with E-state index < -0.39 is 0 Å². The van der Waals surface area contributed by atoms with Crippen molar-refractivity contribution in [2.24, 2.45) is 0 Å². The second kappa shape index (κ2) is 7.86. The Morgan fingerprint density at radius 3 is 3.00 bits per heavy atom. The lowest BCUT2D eigenvalue weighted by atomic mass is 10.0. The smallest absolute Gasteiger partial charge is 0.137 e. The normalized spacial score (nSPS) is 38.8. The van der Waals surface area contributed by atoms with Gasteiger partial charge in [-0.2, -0.15) is 0 Å². The molecule has 2 nitrogen and oxygen atoms in total. The zero-order valence-corrected chi connectivity index (χ0v) is 15.1. The topological polar surface area (TPSA) is 18.5 Å². The lowest BCUT2D eigenvalue weighted by Gasteiger charge is -2.35.